The average molecular weight is 222 g/mol. The number of rotatable bonds is 3. The van der Waals surface area contributed by atoms with Gasteiger partial charge in [-0.2, -0.15) is 0 Å². The molecule has 0 aliphatic rings. The first kappa shape index (κ1) is 12.0. The molecule has 3 N–H and O–H groups in total. The van der Waals surface area contributed by atoms with Crippen molar-refractivity contribution in [3.05, 3.63) is 29.3 Å². The zero-order valence-corrected chi connectivity index (χ0v) is 9.24. The Morgan fingerprint density at radius 1 is 1.44 bits per heavy atom. The Labute approximate surface area is 93.6 Å². The summed E-state index contributed by atoms with van der Waals surface area (Å²) in [5.41, 5.74) is 6.84. The molecule has 1 aromatic carbocycles. The van der Waals surface area contributed by atoms with Gasteiger partial charge in [0.1, 0.15) is 0 Å². The third-order valence-corrected chi connectivity index (χ3v) is 2.03. The molecule has 0 fully saturated rings. The Kier molecular flexibility index (Phi) is 3.88. The average Bonchev–Trinajstić information content (AvgIpc) is 2.21. The maximum Gasteiger partial charge on any atom is 0.411 e. The Morgan fingerprint density at radius 2 is 2.12 bits per heavy atom. The van der Waals surface area contributed by atoms with Crippen LogP contribution in [-0.4, -0.2) is 18.6 Å². The van der Waals surface area contributed by atoms with Crippen molar-refractivity contribution in [2.45, 2.75) is 13.8 Å². The van der Waals surface area contributed by atoms with Gasteiger partial charge in [0.05, 0.1) is 6.61 Å². The number of nitrogens with two attached hydrogens (primary N) is 1. The van der Waals surface area contributed by atoms with Gasteiger partial charge >= 0.3 is 6.09 Å². The molecule has 1 aromatic rings. The lowest BCUT2D eigenvalue weighted by molar-refractivity contribution is 0.1000. The van der Waals surface area contributed by atoms with Gasteiger partial charge in [0.2, 0.25) is 5.91 Å². The summed E-state index contributed by atoms with van der Waals surface area (Å²) in [5.74, 6) is -0.535. The molecule has 2 amide bonds. The molecule has 0 atom stereocenters. The molecular weight excluding hydrogens is 208 g/mol. The number of anilines is 1. The largest absolute Gasteiger partial charge is 0.450 e. The predicted molar refractivity (Wildman–Crippen MR) is 60.3 cm³/mol. The molecular formula is C11H14N2O3. The number of amides is 2. The van der Waals surface area contributed by atoms with E-state index in [4.69, 9.17) is 10.5 Å². The fourth-order valence-corrected chi connectivity index (χ4v) is 1.19. The first-order valence-electron chi connectivity index (χ1n) is 4.88. The van der Waals surface area contributed by atoms with Gasteiger partial charge in [-0.3, -0.25) is 10.1 Å². The SMILES string of the molecule is CCOC(=O)Nc1cc(C(N)=O)ccc1C. The summed E-state index contributed by atoms with van der Waals surface area (Å²) in [6.07, 6.45) is -0.549. The lowest BCUT2D eigenvalue weighted by Crippen LogP contribution is -2.16. The fraction of sp³-hybridized carbons (Fsp3) is 0.273. The lowest BCUT2D eigenvalue weighted by Gasteiger charge is -2.09. The van der Waals surface area contributed by atoms with Gasteiger partial charge < -0.3 is 10.5 Å². The van der Waals surface area contributed by atoms with Crippen molar-refractivity contribution < 1.29 is 14.3 Å². The van der Waals surface area contributed by atoms with Crippen LogP contribution in [0.1, 0.15) is 22.8 Å². The molecule has 0 saturated carbocycles. The number of hydrogen-bond donors (Lipinski definition) is 2. The number of hydrogen-bond acceptors (Lipinski definition) is 3. The first-order valence-corrected chi connectivity index (χ1v) is 4.88. The van der Waals surface area contributed by atoms with Crippen molar-refractivity contribution >= 4 is 17.7 Å². The van der Waals surface area contributed by atoms with Crippen LogP contribution >= 0.6 is 0 Å². The predicted octanol–water partition coefficient (Wildman–Crippen LogP) is 1.66. The van der Waals surface area contributed by atoms with E-state index in [1.807, 2.05) is 6.92 Å². The number of ether oxygens (including phenoxy) is 1. The number of carbonyl (C=O) groups excluding carboxylic acids is 2. The van der Waals surface area contributed by atoms with E-state index in [1.165, 1.54) is 6.07 Å². The molecule has 0 aliphatic heterocycles. The van der Waals surface area contributed by atoms with E-state index in [9.17, 15) is 9.59 Å². The summed E-state index contributed by atoms with van der Waals surface area (Å²) in [5, 5.41) is 2.54. The van der Waals surface area contributed by atoms with Gasteiger partial charge in [-0.15, -0.1) is 0 Å². The second-order valence-corrected chi connectivity index (χ2v) is 3.24. The van der Waals surface area contributed by atoms with Gasteiger partial charge in [-0.25, -0.2) is 4.79 Å². The van der Waals surface area contributed by atoms with Crippen molar-refractivity contribution in [2.24, 2.45) is 5.73 Å². The molecule has 0 radical (unpaired) electrons. The van der Waals surface area contributed by atoms with Crippen molar-refractivity contribution in [1.82, 2.24) is 0 Å². The van der Waals surface area contributed by atoms with Gasteiger partial charge in [0, 0.05) is 11.3 Å². The van der Waals surface area contributed by atoms with Crippen LogP contribution in [0.25, 0.3) is 0 Å². The number of benzene rings is 1. The molecule has 5 nitrogen and oxygen atoms in total. The number of primary amides is 1. The molecule has 0 aliphatic carbocycles. The van der Waals surface area contributed by atoms with Crippen molar-refractivity contribution in [3.8, 4) is 0 Å². The van der Waals surface area contributed by atoms with E-state index in [1.54, 1.807) is 19.1 Å². The Bertz CT molecular complexity index is 416. The topological polar surface area (TPSA) is 81.4 Å². The quantitative estimate of drug-likeness (QED) is 0.816. The van der Waals surface area contributed by atoms with Crippen LogP contribution in [0.2, 0.25) is 0 Å². The van der Waals surface area contributed by atoms with Crippen LogP contribution in [-0.2, 0) is 4.74 Å². The third-order valence-electron chi connectivity index (χ3n) is 2.03. The molecule has 86 valence electrons. The van der Waals surface area contributed by atoms with Crippen LogP contribution in [0.5, 0.6) is 0 Å². The van der Waals surface area contributed by atoms with Crippen molar-refractivity contribution in [1.29, 1.82) is 0 Å². The van der Waals surface area contributed by atoms with Gasteiger partial charge in [-0.1, -0.05) is 6.07 Å². The molecule has 0 spiro atoms. The number of aryl methyl sites for hydroxylation is 1. The summed E-state index contributed by atoms with van der Waals surface area (Å²) in [4.78, 5) is 22.2. The summed E-state index contributed by atoms with van der Waals surface area (Å²) in [7, 11) is 0. The van der Waals surface area contributed by atoms with E-state index in [-0.39, 0.29) is 0 Å². The zero-order valence-electron chi connectivity index (χ0n) is 9.24. The normalized spacial score (nSPS) is 9.62. The highest BCUT2D eigenvalue weighted by molar-refractivity contribution is 5.95. The second-order valence-electron chi connectivity index (χ2n) is 3.24. The van der Waals surface area contributed by atoms with Gasteiger partial charge in [-0.05, 0) is 31.5 Å². The molecule has 1 rings (SSSR count). The first-order chi connectivity index (χ1) is 7.54. The van der Waals surface area contributed by atoms with Crippen LogP contribution in [0.15, 0.2) is 18.2 Å². The van der Waals surface area contributed by atoms with Crippen LogP contribution < -0.4 is 11.1 Å². The molecule has 0 bridgehead atoms. The smallest absolute Gasteiger partial charge is 0.411 e. The minimum atomic E-state index is -0.549. The standard InChI is InChI=1S/C11H14N2O3/c1-3-16-11(15)13-9-6-8(10(12)14)5-4-7(9)2/h4-6H,3H2,1-2H3,(H2,12,14)(H,13,15). The Hall–Kier alpha value is -2.04. The van der Waals surface area contributed by atoms with Crippen LogP contribution in [0.3, 0.4) is 0 Å². The highest BCUT2D eigenvalue weighted by Gasteiger charge is 2.07. The minimum absolute atomic E-state index is 0.292. The van der Waals surface area contributed by atoms with Gasteiger partial charge in [0.15, 0.2) is 0 Å². The number of carbonyl (C=O) groups is 2. The van der Waals surface area contributed by atoms with Gasteiger partial charge in [0.25, 0.3) is 0 Å². The molecule has 16 heavy (non-hydrogen) atoms. The molecule has 0 heterocycles. The lowest BCUT2D eigenvalue weighted by atomic mass is 10.1. The maximum absolute atomic E-state index is 11.2. The summed E-state index contributed by atoms with van der Waals surface area (Å²) >= 11 is 0. The summed E-state index contributed by atoms with van der Waals surface area (Å²) in [6, 6.07) is 4.84. The molecule has 0 aromatic heterocycles. The van der Waals surface area contributed by atoms with E-state index >= 15 is 0 Å². The highest BCUT2D eigenvalue weighted by atomic mass is 16.5. The van der Waals surface area contributed by atoms with E-state index in [0.717, 1.165) is 5.56 Å². The van der Waals surface area contributed by atoms with E-state index < -0.39 is 12.0 Å². The molecule has 0 saturated heterocycles. The minimum Gasteiger partial charge on any atom is -0.450 e. The van der Waals surface area contributed by atoms with Crippen LogP contribution in [0, 0.1) is 6.92 Å². The molecule has 5 heteroatoms. The summed E-state index contributed by atoms with van der Waals surface area (Å²) in [6.45, 7) is 3.82. The van der Waals surface area contributed by atoms with Crippen molar-refractivity contribution in [3.63, 3.8) is 0 Å². The third kappa shape index (κ3) is 2.98. The van der Waals surface area contributed by atoms with E-state index in [0.29, 0.717) is 17.9 Å². The molecule has 0 unspecified atom stereocenters. The van der Waals surface area contributed by atoms with E-state index in [2.05, 4.69) is 5.32 Å². The zero-order chi connectivity index (χ0) is 12.1. The Morgan fingerprint density at radius 3 is 2.69 bits per heavy atom. The second kappa shape index (κ2) is 5.16. The highest BCUT2D eigenvalue weighted by Crippen LogP contribution is 2.16. The monoisotopic (exact) mass is 222 g/mol. The van der Waals surface area contributed by atoms with Crippen LogP contribution in [0.4, 0.5) is 10.5 Å². The summed E-state index contributed by atoms with van der Waals surface area (Å²) < 4.78 is 4.73. The number of nitrogens with one attached hydrogen (secondary N) is 1. The van der Waals surface area contributed by atoms with Crippen molar-refractivity contribution in [2.75, 3.05) is 11.9 Å². The Balaban J connectivity index is 2.90. The maximum atomic E-state index is 11.2. The fourth-order valence-electron chi connectivity index (χ4n) is 1.19.